The van der Waals surface area contributed by atoms with Crippen molar-refractivity contribution in [1.29, 1.82) is 0 Å². The zero-order valence-corrected chi connectivity index (χ0v) is 9.06. The van der Waals surface area contributed by atoms with Gasteiger partial charge in [-0.2, -0.15) is 5.10 Å². The smallest absolute Gasteiger partial charge is 0.201 e. The van der Waals surface area contributed by atoms with Crippen LogP contribution in [0.2, 0.25) is 0 Å². The average Bonchev–Trinajstić information content (AvgIpc) is 2.86. The number of aromatic nitrogens is 6. The van der Waals surface area contributed by atoms with Crippen LogP contribution < -0.4 is 0 Å². The molecule has 6 nitrogen and oxygen atoms in total. The normalized spacial score (nSPS) is 16.5. The fraction of sp³-hybridized carbons (Fsp3) is 0.600. The topological polar surface area (TPSA) is 72.3 Å². The molecule has 84 valence electrons. The maximum atomic E-state index is 4.24. The van der Waals surface area contributed by atoms with Gasteiger partial charge in [-0.3, -0.25) is 5.10 Å². The van der Waals surface area contributed by atoms with E-state index in [9.17, 15) is 0 Å². The number of hydrogen-bond acceptors (Lipinski definition) is 4. The molecule has 1 N–H and O–H groups in total. The molecule has 0 aliphatic carbocycles. The highest BCUT2D eigenvalue weighted by molar-refractivity contribution is 5.42. The lowest BCUT2D eigenvalue weighted by molar-refractivity contribution is 0.518. The molecule has 2 aromatic rings. The van der Waals surface area contributed by atoms with E-state index in [0.29, 0.717) is 5.82 Å². The first-order valence-corrected chi connectivity index (χ1v) is 5.73. The highest BCUT2D eigenvalue weighted by Gasteiger charge is 2.16. The third-order valence-electron chi connectivity index (χ3n) is 2.99. The Morgan fingerprint density at radius 2 is 2.06 bits per heavy atom. The molecular weight excluding hydrogens is 204 g/mol. The zero-order chi connectivity index (χ0) is 10.8. The van der Waals surface area contributed by atoms with E-state index in [4.69, 9.17) is 0 Å². The number of aromatic amines is 1. The minimum atomic E-state index is 0.708. The fourth-order valence-corrected chi connectivity index (χ4v) is 2.15. The van der Waals surface area contributed by atoms with E-state index in [2.05, 4.69) is 29.9 Å². The van der Waals surface area contributed by atoms with Crippen molar-refractivity contribution in [2.75, 3.05) is 0 Å². The molecule has 0 saturated carbocycles. The summed E-state index contributed by atoms with van der Waals surface area (Å²) in [5, 5.41) is 15.1. The average molecular weight is 218 g/mol. The van der Waals surface area contributed by atoms with Crippen LogP contribution in [0.5, 0.6) is 0 Å². The summed E-state index contributed by atoms with van der Waals surface area (Å²) in [6.45, 7) is 0.984. The van der Waals surface area contributed by atoms with Crippen molar-refractivity contribution in [2.24, 2.45) is 0 Å². The summed E-state index contributed by atoms with van der Waals surface area (Å²) in [6, 6.07) is 0. The molecule has 0 aromatic carbocycles. The van der Waals surface area contributed by atoms with Crippen LogP contribution >= 0.6 is 0 Å². The first-order chi connectivity index (χ1) is 7.95. The van der Waals surface area contributed by atoms with Crippen molar-refractivity contribution in [3.8, 4) is 11.6 Å². The van der Waals surface area contributed by atoms with E-state index < -0.39 is 0 Å². The molecule has 0 fully saturated rings. The molecule has 0 radical (unpaired) electrons. The van der Waals surface area contributed by atoms with Crippen LogP contribution in [-0.2, 0) is 13.0 Å². The minimum Gasteiger partial charge on any atom is -0.308 e. The molecule has 3 rings (SSSR count). The van der Waals surface area contributed by atoms with Crippen LogP contribution in [0, 0.1) is 0 Å². The Morgan fingerprint density at radius 3 is 2.94 bits per heavy atom. The zero-order valence-electron chi connectivity index (χ0n) is 9.06. The molecule has 0 atom stereocenters. The third-order valence-corrected chi connectivity index (χ3v) is 2.99. The Labute approximate surface area is 93.1 Å². The number of hydrogen-bond donors (Lipinski definition) is 1. The van der Waals surface area contributed by atoms with Gasteiger partial charge in [0.05, 0.1) is 0 Å². The van der Waals surface area contributed by atoms with E-state index in [-0.39, 0.29) is 0 Å². The van der Waals surface area contributed by atoms with E-state index in [1.54, 1.807) is 0 Å². The van der Waals surface area contributed by atoms with Gasteiger partial charge < -0.3 is 4.57 Å². The van der Waals surface area contributed by atoms with Gasteiger partial charge in [0.2, 0.25) is 5.82 Å². The predicted octanol–water partition coefficient (Wildman–Crippen LogP) is 1.18. The summed E-state index contributed by atoms with van der Waals surface area (Å²) in [6.07, 6.45) is 7.49. The monoisotopic (exact) mass is 218 g/mol. The fourth-order valence-electron chi connectivity index (χ4n) is 2.15. The van der Waals surface area contributed by atoms with Crippen LogP contribution in [0.4, 0.5) is 0 Å². The quantitative estimate of drug-likeness (QED) is 0.780. The van der Waals surface area contributed by atoms with Gasteiger partial charge in [-0.05, 0) is 12.8 Å². The van der Waals surface area contributed by atoms with Gasteiger partial charge in [-0.1, -0.05) is 12.8 Å². The molecule has 1 aliphatic rings. The SMILES string of the molecule is c1n[nH]c(-c2nnc3n2CCCCCC3)n1. The van der Waals surface area contributed by atoms with Gasteiger partial charge in [0, 0.05) is 13.0 Å². The number of nitrogens with one attached hydrogen (secondary N) is 1. The van der Waals surface area contributed by atoms with Gasteiger partial charge in [-0.15, -0.1) is 10.2 Å². The maximum Gasteiger partial charge on any atom is 0.201 e. The summed E-state index contributed by atoms with van der Waals surface area (Å²) in [4.78, 5) is 4.13. The van der Waals surface area contributed by atoms with Crippen molar-refractivity contribution in [3.63, 3.8) is 0 Å². The lowest BCUT2D eigenvalue weighted by Crippen LogP contribution is -2.09. The first-order valence-electron chi connectivity index (χ1n) is 5.73. The van der Waals surface area contributed by atoms with E-state index in [1.165, 1.54) is 32.0 Å². The van der Waals surface area contributed by atoms with Gasteiger partial charge in [-0.25, -0.2) is 4.98 Å². The van der Waals surface area contributed by atoms with E-state index in [1.807, 2.05) is 0 Å². The Bertz CT molecular complexity index is 458. The highest BCUT2D eigenvalue weighted by Crippen LogP contribution is 2.18. The molecule has 2 aromatic heterocycles. The molecule has 16 heavy (non-hydrogen) atoms. The molecular formula is C10H14N6. The Morgan fingerprint density at radius 1 is 1.12 bits per heavy atom. The van der Waals surface area contributed by atoms with E-state index >= 15 is 0 Å². The van der Waals surface area contributed by atoms with Crippen LogP contribution in [0.15, 0.2) is 6.33 Å². The summed E-state index contributed by atoms with van der Waals surface area (Å²) >= 11 is 0. The Hall–Kier alpha value is -1.72. The van der Waals surface area contributed by atoms with Crippen molar-refractivity contribution >= 4 is 0 Å². The van der Waals surface area contributed by atoms with Gasteiger partial charge in [0.15, 0.2) is 5.82 Å². The number of nitrogens with zero attached hydrogens (tertiary/aromatic N) is 5. The first kappa shape index (κ1) is 9.50. The summed E-state index contributed by atoms with van der Waals surface area (Å²) < 4.78 is 2.17. The number of H-pyrrole nitrogens is 1. The molecule has 3 heterocycles. The second kappa shape index (κ2) is 4.03. The largest absolute Gasteiger partial charge is 0.308 e. The summed E-state index contributed by atoms with van der Waals surface area (Å²) in [5.74, 6) is 2.60. The molecule has 0 saturated heterocycles. The lowest BCUT2D eigenvalue weighted by Gasteiger charge is -2.12. The van der Waals surface area contributed by atoms with Crippen LogP contribution in [0.1, 0.15) is 31.5 Å². The van der Waals surface area contributed by atoms with E-state index in [0.717, 1.165) is 24.6 Å². The molecule has 0 bridgehead atoms. The molecule has 1 aliphatic heterocycles. The summed E-state index contributed by atoms with van der Waals surface area (Å²) in [5.41, 5.74) is 0. The number of aryl methyl sites for hydroxylation is 1. The minimum absolute atomic E-state index is 0.708. The van der Waals surface area contributed by atoms with Gasteiger partial charge >= 0.3 is 0 Å². The van der Waals surface area contributed by atoms with Gasteiger partial charge in [0.1, 0.15) is 12.2 Å². The Kier molecular flexibility index (Phi) is 2.40. The predicted molar refractivity (Wildman–Crippen MR) is 57.6 cm³/mol. The van der Waals surface area contributed by atoms with Crippen molar-refractivity contribution in [3.05, 3.63) is 12.2 Å². The maximum absolute atomic E-state index is 4.24. The van der Waals surface area contributed by atoms with Crippen molar-refractivity contribution in [1.82, 2.24) is 29.9 Å². The van der Waals surface area contributed by atoms with Crippen molar-refractivity contribution in [2.45, 2.75) is 38.6 Å². The second-order valence-electron chi connectivity index (χ2n) is 4.09. The molecule has 0 unspecified atom stereocenters. The summed E-state index contributed by atoms with van der Waals surface area (Å²) in [7, 11) is 0. The standard InChI is InChI=1S/C10H14N6/c1-2-4-6-16-8(5-3-1)13-15-10(16)9-11-7-12-14-9/h7H,1-6H2,(H,11,12,14). The van der Waals surface area contributed by atoms with Crippen LogP contribution in [-0.4, -0.2) is 29.9 Å². The van der Waals surface area contributed by atoms with Crippen molar-refractivity contribution < 1.29 is 0 Å². The van der Waals surface area contributed by atoms with Crippen LogP contribution in [0.3, 0.4) is 0 Å². The number of fused-ring (bicyclic) bond motifs is 1. The van der Waals surface area contributed by atoms with Gasteiger partial charge in [0.25, 0.3) is 0 Å². The highest BCUT2D eigenvalue weighted by atomic mass is 15.3. The lowest BCUT2D eigenvalue weighted by atomic mass is 10.1. The number of rotatable bonds is 1. The molecule has 6 heteroatoms. The third kappa shape index (κ3) is 1.60. The second-order valence-corrected chi connectivity index (χ2v) is 4.09. The van der Waals surface area contributed by atoms with Crippen LogP contribution in [0.25, 0.3) is 11.6 Å². The molecule has 0 spiro atoms. The molecule has 0 amide bonds. The Balaban J connectivity index is 2.00.